The number of nitrogens with one attached hydrogen (secondary N) is 1. The highest BCUT2D eigenvalue weighted by atomic mass is 19.1. The Hall–Kier alpha value is -2.63. The highest BCUT2D eigenvalue weighted by Gasteiger charge is 2.15. The largest absolute Gasteiger partial charge is 0.508 e. The molecular formula is C15H15FN2O3. The van der Waals surface area contributed by atoms with Gasteiger partial charge < -0.3 is 10.4 Å². The molecule has 2 N–H and O–H groups in total. The van der Waals surface area contributed by atoms with Crippen LogP contribution in [0.4, 0.5) is 15.8 Å². The Morgan fingerprint density at radius 3 is 2.57 bits per heavy atom. The molecule has 1 atom stereocenters. The molecule has 21 heavy (non-hydrogen) atoms. The fraction of sp³-hybridized carbons (Fsp3) is 0.200. The molecule has 2 aromatic rings. The molecule has 6 heteroatoms. The van der Waals surface area contributed by atoms with Crippen molar-refractivity contribution in [2.24, 2.45) is 0 Å². The summed E-state index contributed by atoms with van der Waals surface area (Å²) in [5, 5.41) is 23.5. The van der Waals surface area contributed by atoms with Crippen LogP contribution in [-0.2, 0) is 0 Å². The van der Waals surface area contributed by atoms with Gasteiger partial charge in [-0.3, -0.25) is 10.1 Å². The molecule has 0 aliphatic carbocycles. The zero-order chi connectivity index (χ0) is 15.6. The van der Waals surface area contributed by atoms with Crippen LogP contribution in [0.3, 0.4) is 0 Å². The van der Waals surface area contributed by atoms with Gasteiger partial charge in [0.1, 0.15) is 5.75 Å². The first kappa shape index (κ1) is 14.8. The van der Waals surface area contributed by atoms with E-state index < -0.39 is 16.4 Å². The van der Waals surface area contributed by atoms with Crippen LogP contribution in [0, 0.1) is 22.9 Å². The van der Waals surface area contributed by atoms with Gasteiger partial charge in [-0.15, -0.1) is 0 Å². The van der Waals surface area contributed by atoms with E-state index in [0.717, 1.165) is 17.7 Å². The van der Waals surface area contributed by atoms with Crippen molar-refractivity contribution in [2.45, 2.75) is 19.9 Å². The first-order valence-corrected chi connectivity index (χ1v) is 6.38. The monoisotopic (exact) mass is 290 g/mol. The quantitative estimate of drug-likeness (QED) is 0.661. The average Bonchev–Trinajstić information content (AvgIpc) is 2.37. The number of phenols is 1. The smallest absolute Gasteiger partial charge is 0.304 e. The van der Waals surface area contributed by atoms with Gasteiger partial charge in [0.25, 0.3) is 0 Å². The van der Waals surface area contributed by atoms with Gasteiger partial charge in [0.2, 0.25) is 5.82 Å². The number of nitro benzene ring substituents is 1. The van der Waals surface area contributed by atoms with Crippen molar-refractivity contribution in [1.29, 1.82) is 0 Å². The van der Waals surface area contributed by atoms with Crippen molar-refractivity contribution in [2.75, 3.05) is 5.32 Å². The van der Waals surface area contributed by atoms with Crippen LogP contribution in [0.25, 0.3) is 0 Å². The molecule has 0 saturated carbocycles. The summed E-state index contributed by atoms with van der Waals surface area (Å²) in [6.07, 6.45) is 0. The molecule has 0 bridgehead atoms. The number of hydrogen-bond acceptors (Lipinski definition) is 4. The maximum Gasteiger partial charge on any atom is 0.304 e. The second kappa shape index (κ2) is 5.78. The highest BCUT2D eigenvalue weighted by molar-refractivity contribution is 5.52. The lowest BCUT2D eigenvalue weighted by Crippen LogP contribution is -2.07. The van der Waals surface area contributed by atoms with Crippen LogP contribution < -0.4 is 5.32 Å². The standard InChI is InChI=1S/C15H15FN2O3/c1-9-3-5-12(15(19)7-9)10(2)17-11-4-6-14(18(20)21)13(16)8-11/h3-8,10,17,19H,1-2H3. The number of anilines is 1. The third-order valence-corrected chi connectivity index (χ3v) is 3.18. The zero-order valence-corrected chi connectivity index (χ0v) is 11.6. The predicted molar refractivity (Wildman–Crippen MR) is 77.9 cm³/mol. The minimum absolute atomic E-state index is 0.150. The summed E-state index contributed by atoms with van der Waals surface area (Å²) >= 11 is 0. The number of aromatic hydroxyl groups is 1. The van der Waals surface area contributed by atoms with E-state index in [1.54, 1.807) is 12.1 Å². The van der Waals surface area contributed by atoms with E-state index in [0.29, 0.717) is 11.3 Å². The van der Waals surface area contributed by atoms with Gasteiger partial charge in [-0.1, -0.05) is 12.1 Å². The molecule has 1 unspecified atom stereocenters. The van der Waals surface area contributed by atoms with E-state index in [1.165, 1.54) is 6.07 Å². The number of hydrogen-bond donors (Lipinski definition) is 2. The fourth-order valence-electron chi connectivity index (χ4n) is 2.09. The number of nitro groups is 1. The summed E-state index contributed by atoms with van der Waals surface area (Å²) in [7, 11) is 0. The van der Waals surface area contributed by atoms with Gasteiger partial charge in [0, 0.05) is 23.4 Å². The van der Waals surface area contributed by atoms with Crippen LogP contribution >= 0.6 is 0 Å². The second-order valence-corrected chi connectivity index (χ2v) is 4.85. The number of rotatable bonds is 4. The molecule has 0 heterocycles. The van der Waals surface area contributed by atoms with E-state index in [1.807, 2.05) is 19.9 Å². The minimum Gasteiger partial charge on any atom is -0.508 e. The molecule has 0 fully saturated rings. The fourth-order valence-corrected chi connectivity index (χ4v) is 2.09. The molecule has 2 rings (SSSR count). The number of nitrogens with zero attached hydrogens (tertiary/aromatic N) is 1. The molecule has 0 amide bonds. The van der Waals surface area contributed by atoms with E-state index in [4.69, 9.17) is 0 Å². The Bertz CT molecular complexity index is 689. The zero-order valence-electron chi connectivity index (χ0n) is 11.6. The molecule has 0 spiro atoms. The van der Waals surface area contributed by atoms with Gasteiger partial charge in [-0.05, 0) is 31.5 Å². The lowest BCUT2D eigenvalue weighted by molar-refractivity contribution is -0.387. The second-order valence-electron chi connectivity index (χ2n) is 4.85. The molecule has 0 radical (unpaired) electrons. The number of aryl methyl sites for hydroxylation is 1. The number of phenolic OH excluding ortho intramolecular Hbond substituents is 1. The Morgan fingerprint density at radius 1 is 1.29 bits per heavy atom. The van der Waals surface area contributed by atoms with Crippen molar-refractivity contribution in [3.63, 3.8) is 0 Å². The topological polar surface area (TPSA) is 75.4 Å². The Labute approximate surface area is 121 Å². The summed E-state index contributed by atoms with van der Waals surface area (Å²) in [5.74, 6) is -0.747. The van der Waals surface area contributed by atoms with Crippen molar-refractivity contribution in [3.8, 4) is 5.75 Å². The lowest BCUT2D eigenvalue weighted by atomic mass is 10.0. The first-order chi connectivity index (χ1) is 9.88. The van der Waals surface area contributed by atoms with E-state index >= 15 is 0 Å². The predicted octanol–water partition coefficient (Wildman–Crippen LogP) is 3.92. The minimum atomic E-state index is -0.898. The Balaban J connectivity index is 2.21. The van der Waals surface area contributed by atoms with Gasteiger partial charge in [-0.2, -0.15) is 4.39 Å². The molecule has 0 aliphatic heterocycles. The normalized spacial score (nSPS) is 12.0. The summed E-state index contributed by atoms with van der Waals surface area (Å²) < 4.78 is 13.6. The van der Waals surface area contributed by atoms with Crippen LogP contribution in [-0.4, -0.2) is 10.0 Å². The van der Waals surface area contributed by atoms with E-state index in [-0.39, 0.29) is 11.8 Å². The summed E-state index contributed by atoms with van der Waals surface area (Å²) in [4.78, 5) is 9.80. The molecular weight excluding hydrogens is 275 g/mol. The third kappa shape index (κ3) is 3.28. The van der Waals surface area contributed by atoms with Crippen LogP contribution in [0.1, 0.15) is 24.1 Å². The lowest BCUT2D eigenvalue weighted by Gasteiger charge is -2.17. The van der Waals surface area contributed by atoms with Crippen LogP contribution in [0.5, 0.6) is 5.75 Å². The molecule has 2 aromatic carbocycles. The van der Waals surface area contributed by atoms with Gasteiger partial charge in [0.15, 0.2) is 0 Å². The van der Waals surface area contributed by atoms with Gasteiger partial charge in [-0.25, -0.2) is 0 Å². The van der Waals surface area contributed by atoms with E-state index in [9.17, 15) is 19.6 Å². The van der Waals surface area contributed by atoms with Gasteiger partial charge >= 0.3 is 5.69 Å². The highest BCUT2D eigenvalue weighted by Crippen LogP contribution is 2.29. The van der Waals surface area contributed by atoms with Crippen LogP contribution in [0.15, 0.2) is 36.4 Å². The maximum atomic E-state index is 13.6. The summed E-state index contributed by atoms with van der Waals surface area (Å²) in [6.45, 7) is 3.68. The number of halogens is 1. The van der Waals surface area contributed by atoms with Gasteiger partial charge in [0.05, 0.1) is 11.0 Å². The van der Waals surface area contributed by atoms with Crippen molar-refractivity contribution >= 4 is 11.4 Å². The third-order valence-electron chi connectivity index (χ3n) is 3.18. The molecule has 5 nitrogen and oxygen atoms in total. The van der Waals surface area contributed by atoms with Crippen LogP contribution in [0.2, 0.25) is 0 Å². The number of benzene rings is 2. The first-order valence-electron chi connectivity index (χ1n) is 6.38. The van der Waals surface area contributed by atoms with Crippen molar-refractivity contribution in [1.82, 2.24) is 0 Å². The molecule has 110 valence electrons. The summed E-state index contributed by atoms with van der Waals surface area (Å²) in [6, 6.07) is 8.63. The van der Waals surface area contributed by atoms with Crippen molar-refractivity contribution in [3.05, 3.63) is 63.5 Å². The molecule has 0 aromatic heterocycles. The molecule has 0 aliphatic rings. The maximum absolute atomic E-state index is 13.6. The Morgan fingerprint density at radius 2 is 2.00 bits per heavy atom. The van der Waals surface area contributed by atoms with E-state index in [2.05, 4.69) is 5.32 Å². The van der Waals surface area contributed by atoms with Crippen molar-refractivity contribution < 1.29 is 14.4 Å². The Kier molecular flexibility index (Phi) is 4.07. The summed E-state index contributed by atoms with van der Waals surface area (Å²) in [5.41, 5.74) is 1.45. The average molecular weight is 290 g/mol. The molecule has 0 saturated heterocycles. The SMILES string of the molecule is Cc1ccc(C(C)Nc2ccc([N+](=O)[O-])c(F)c2)c(O)c1.